The van der Waals surface area contributed by atoms with Gasteiger partial charge in [0.05, 0.1) is 11.4 Å². The molecule has 0 aromatic carbocycles. The van der Waals surface area contributed by atoms with Crippen molar-refractivity contribution in [2.75, 3.05) is 23.4 Å². The predicted octanol–water partition coefficient (Wildman–Crippen LogP) is 1.56. The molecule has 4 heteroatoms. The summed E-state index contributed by atoms with van der Waals surface area (Å²) >= 11 is 1.73. The summed E-state index contributed by atoms with van der Waals surface area (Å²) in [6.45, 7) is 2.78. The Balaban J connectivity index is 2.19. The van der Waals surface area contributed by atoms with E-state index in [-0.39, 0.29) is 0 Å². The standard InChI is InChI=1S/C10H13N3S/c1-3-7-14-8-6-11-10-5-4-9(2)12-13-10/h1,4-5H,6-8H2,2H3,(H,11,13). The number of terminal acetylenes is 1. The van der Waals surface area contributed by atoms with Crippen LogP contribution in [0.3, 0.4) is 0 Å². The summed E-state index contributed by atoms with van der Waals surface area (Å²) < 4.78 is 0. The quantitative estimate of drug-likeness (QED) is 0.587. The molecule has 0 radical (unpaired) electrons. The average Bonchev–Trinajstić information content (AvgIpc) is 2.21. The van der Waals surface area contributed by atoms with Crippen LogP contribution in [-0.2, 0) is 0 Å². The van der Waals surface area contributed by atoms with Crippen molar-refractivity contribution in [1.29, 1.82) is 0 Å². The molecule has 1 aromatic heterocycles. The number of hydrogen-bond acceptors (Lipinski definition) is 4. The number of nitrogens with zero attached hydrogens (tertiary/aromatic N) is 2. The molecule has 1 heterocycles. The van der Waals surface area contributed by atoms with Gasteiger partial charge in [0.1, 0.15) is 5.82 Å². The maximum absolute atomic E-state index is 5.12. The average molecular weight is 207 g/mol. The van der Waals surface area contributed by atoms with Gasteiger partial charge in [0.25, 0.3) is 0 Å². The number of aryl methyl sites for hydroxylation is 1. The van der Waals surface area contributed by atoms with E-state index in [1.165, 1.54) is 0 Å². The smallest absolute Gasteiger partial charge is 0.148 e. The topological polar surface area (TPSA) is 37.8 Å². The van der Waals surface area contributed by atoms with Crippen LogP contribution < -0.4 is 5.32 Å². The van der Waals surface area contributed by atoms with Crippen LogP contribution in [0.2, 0.25) is 0 Å². The van der Waals surface area contributed by atoms with Crippen molar-refractivity contribution in [1.82, 2.24) is 10.2 Å². The Morgan fingerprint density at radius 2 is 2.36 bits per heavy atom. The van der Waals surface area contributed by atoms with Crippen molar-refractivity contribution >= 4 is 17.6 Å². The van der Waals surface area contributed by atoms with Crippen molar-refractivity contribution in [2.24, 2.45) is 0 Å². The molecule has 0 atom stereocenters. The Morgan fingerprint density at radius 1 is 1.50 bits per heavy atom. The molecule has 0 aliphatic carbocycles. The summed E-state index contributed by atoms with van der Waals surface area (Å²) in [6, 6.07) is 3.86. The first-order chi connectivity index (χ1) is 6.83. The third-order valence-corrected chi connectivity index (χ3v) is 2.40. The Kier molecular flexibility index (Phi) is 4.87. The molecular formula is C10H13N3S. The van der Waals surface area contributed by atoms with Gasteiger partial charge in [-0.05, 0) is 19.1 Å². The van der Waals surface area contributed by atoms with Gasteiger partial charge < -0.3 is 5.32 Å². The number of rotatable bonds is 5. The molecule has 1 rings (SSSR count). The first-order valence-electron chi connectivity index (χ1n) is 4.38. The molecule has 0 saturated carbocycles. The van der Waals surface area contributed by atoms with Crippen LogP contribution in [0.15, 0.2) is 12.1 Å². The first kappa shape index (κ1) is 10.9. The Hall–Kier alpha value is -1.21. The number of thioether (sulfide) groups is 1. The molecule has 0 saturated heterocycles. The van der Waals surface area contributed by atoms with E-state index in [2.05, 4.69) is 21.4 Å². The van der Waals surface area contributed by atoms with Crippen molar-refractivity contribution in [3.05, 3.63) is 17.8 Å². The van der Waals surface area contributed by atoms with Crippen molar-refractivity contribution in [3.8, 4) is 12.3 Å². The fourth-order valence-corrected chi connectivity index (χ4v) is 1.38. The fraction of sp³-hybridized carbons (Fsp3) is 0.400. The SMILES string of the molecule is C#CCSCCNc1ccc(C)nn1. The molecule has 1 aromatic rings. The lowest BCUT2D eigenvalue weighted by Crippen LogP contribution is -2.06. The van der Waals surface area contributed by atoms with Gasteiger partial charge in [-0.25, -0.2) is 0 Å². The minimum absolute atomic E-state index is 0.765. The van der Waals surface area contributed by atoms with E-state index in [4.69, 9.17) is 6.42 Å². The van der Waals surface area contributed by atoms with Crippen LogP contribution in [0, 0.1) is 19.3 Å². The molecule has 14 heavy (non-hydrogen) atoms. The van der Waals surface area contributed by atoms with Crippen molar-refractivity contribution < 1.29 is 0 Å². The van der Waals surface area contributed by atoms with Gasteiger partial charge in [0, 0.05) is 12.3 Å². The maximum Gasteiger partial charge on any atom is 0.148 e. The molecule has 0 aliphatic rings. The van der Waals surface area contributed by atoms with Gasteiger partial charge in [-0.2, -0.15) is 5.10 Å². The second-order valence-corrected chi connectivity index (χ2v) is 3.85. The van der Waals surface area contributed by atoms with E-state index in [1.807, 2.05) is 19.1 Å². The predicted molar refractivity (Wildman–Crippen MR) is 61.4 cm³/mol. The maximum atomic E-state index is 5.12. The third-order valence-electron chi connectivity index (χ3n) is 1.54. The summed E-state index contributed by atoms with van der Waals surface area (Å²) in [7, 11) is 0. The summed E-state index contributed by atoms with van der Waals surface area (Å²) in [5, 5.41) is 11.1. The normalized spacial score (nSPS) is 9.43. The van der Waals surface area contributed by atoms with Crippen LogP contribution in [0.25, 0.3) is 0 Å². The first-order valence-corrected chi connectivity index (χ1v) is 5.54. The number of hydrogen-bond donors (Lipinski definition) is 1. The fourth-order valence-electron chi connectivity index (χ4n) is 0.876. The Bertz CT molecular complexity index is 302. The minimum Gasteiger partial charge on any atom is -0.368 e. The van der Waals surface area contributed by atoms with Crippen LogP contribution in [0.1, 0.15) is 5.69 Å². The van der Waals surface area contributed by atoms with Gasteiger partial charge in [-0.3, -0.25) is 0 Å². The van der Waals surface area contributed by atoms with E-state index >= 15 is 0 Å². The van der Waals surface area contributed by atoms with Crippen LogP contribution in [-0.4, -0.2) is 28.2 Å². The van der Waals surface area contributed by atoms with Crippen molar-refractivity contribution in [3.63, 3.8) is 0 Å². The van der Waals surface area contributed by atoms with Gasteiger partial charge in [-0.1, -0.05) is 5.92 Å². The lowest BCUT2D eigenvalue weighted by atomic mass is 10.4. The zero-order chi connectivity index (χ0) is 10.2. The summed E-state index contributed by atoms with van der Waals surface area (Å²) in [5.74, 6) is 5.15. The highest BCUT2D eigenvalue weighted by Crippen LogP contribution is 2.02. The van der Waals surface area contributed by atoms with Gasteiger partial charge in [0.15, 0.2) is 0 Å². The molecule has 0 amide bonds. The zero-order valence-corrected chi connectivity index (χ0v) is 8.97. The van der Waals surface area contributed by atoms with Crippen LogP contribution in [0.5, 0.6) is 0 Å². The number of nitrogens with one attached hydrogen (secondary N) is 1. The van der Waals surface area contributed by atoms with Gasteiger partial charge in [-0.15, -0.1) is 23.3 Å². The number of anilines is 1. The monoisotopic (exact) mass is 207 g/mol. The Morgan fingerprint density at radius 3 is 3.00 bits per heavy atom. The van der Waals surface area contributed by atoms with E-state index in [1.54, 1.807) is 11.8 Å². The van der Waals surface area contributed by atoms with E-state index in [0.29, 0.717) is 0 Å². The molecule has 74 valence electrons. The highest BCUT2D eigenvalue weighted by molar-refractivity contribution is 7.99. The lowest BCUT2D eigenvalue weighted by molar-refractivity contribution is 0.971. The second kappa shape index (κ2) is 6.28. The summed E-state index contributed by atoms with van der Waals surface area (Å²) in [6.07, 6.45) is 5.12. The third kappa shape index (κ3) is 4.15. The molecule has 3 nitrogen and oxygen atoms in total. The van der Waals surface area contributed by atoms with E-state index in [9.17, 15) is 0 Å². The van der Waals surface area contributed by atoms with Crippen molar-refractivity contribution in [2.45, 2.75) is 6.92 Å². The second-order valence-electron chi connectivity index (χ2n) is 2.74. The minimum atomic E-state index is 0.765. The van der Waals surface area contributed by atoms with Crippen LogP contribution in [0.4, 0.5) is 5.82 Å². The molecule has 1 N–H and O–H groups in total. The molecule has 0 unspecified atom stereocenters. The van der Waals surface area contributed by atoms with Gasteiger partial charge >= 0.3 is 0 Å². The summed E-state index contributed by atoms with van der Waals surface area (Å²) in [4.78, 5) is 0. The highest BCUT2D eigenvalue weighted by atomic mass is 32.2. The summed E-state index contributed by atoms with van der Waals surface area (Å²) in [5.41, 5.74) is 0.928. The Labute approximate surface area is 88.7 Å². The van der Waals surface area contributed by atoms with E-state index in [0.717, 1.165) is 29.6 Å². The molecule has 0 spiro atoms. The zero-order valence-electron chi connectivity index (χ0n) is 8.16. The number of aromatic nitrogens is 2. The molecule has 0 bridgehead atoms. The molecule has 0 fully saturated rings. The highest BCUT2D eigenvalue weighted by Gasteiger charge is 1.93. The molecular weight excluding hydrogens is 194 g/mol. The van der Waals surface area contributed by atoms with Gasteiger partial charge in [0.2, 0.25) is 0 Å². The van der Waals surface area contributed by atoms with E-state index < -0.39 is 0 Å². The lowest BCUT2D eigenvalue weighted by Gasteiger charge is -2.03. The molecule has 0 aliphatic heterocycles. The van der Waals surface area contributed by atoms with Crippen LogP contribution >= 0.6 is 11.8 Å². The largest absolute Gasteiger partial charge is 0.368 e.